The Morgan fingerprint density at radius 3 is 2.46 bits per heavy atom. The monoisotopic (exact) mass is 223 g/mol. The SMILES string of the molecule is FC(F)SNCc1ccc(Cl)cc1. The molecule has 0 aliphatic heterocycles. The molecular formula is C8H8ClF2NS. The molecule has 0 spiro atoms. The van der Waals surface area contributed by atoms with Crippen LogP contribution in [-0.4, -0.2) is 5.76 Å². The molecule has 1 aromatic rings. The van der Waals surface area contributed by atoms with Crippen LogP contribution < -0.4 is 4.72 Å². The van der Waals surface area contributed by atoms with Gasteiger partial charge >= 0.3 is 0 Å². The minimum Gasteiger partial charge on any atom is -0.255 e. The van der Waals surface area contributed by atoms with Crippen molar-refractivity contribution in [3.05, 3.63) is 34.9 Å². The molecule has 0 saturated carbocycles. The molecule has 0 unspecified atom stereocenters. The molecule has 1 aromatic carbocycles. The molecule has 0 aliphatic carbocycles. The second-order valence-electron chi connectivity index (χ2n) is 2.33. The predicted molar refractivity (Wildman–Crippen MR) is 51.9 cm³/mol. The third-order valence-corrected chi connectivity index (χ3v) is 2.10. The van der Waals surface area contributed by atoms with Crippen LogP contribution in [0.1, 0.15) is 5.56 Å². The van der Waals surface area contributed by atoms with E-state index >= 15 is 0 Å². The van der Waals surface area contributed by atoms with E-state index in [0.29, 0.717) is 23.5 Å². The topological polar surface area (TPSA) is 12.0 Å². The lowest BCUT2D eigenvalue weighted by molar-refractivity contribution is 0.251. The largest absolute Gasteiger partial charge is 0.297 e. The lowest BCUT2D eigenvalue weighted by Gasteiger charge is -2.02. The van der Waals surface area contributed by atoms with Crippen molar-refractivity contribution in [2.24, 2.45) is 0 Å². The van der Waals surface area contributed by atoms with Gasteiger partial charge in [-0.05, 0) is 29.6 Å². The summed E-state index contributed by atoms with van der Waals surface area (Å²) in [7, 11) is 0. The number of benzene rings is 1. The predicted octanol–water partition coefficient (Wildman–Crippen LogP) is 3.30. The van der Waals surface area contributed by atoms with E-state index in [0.717, 1.165) is 5.56 Å². The Labute approximate surface area is 84.6 Å². The highest BCUT2D eigenvalue weighted by molar-refractivity contribution is 7.97. The van der Waals surface area contributed by atoms with E-state index in [1.807, 2.05) is 0 Å². The van der Waals surface area contributed by atoms with E-state index in [1.54, 1.807) is 24.3 Å². The van der Waals surface area contributed by atoms with Crippen molar-refractivity contribution in [2.75, 3.05) is 0 Å². The van der Waals surface area contributed by atoms with Crippen LogP contribution >= 0.6 is 23.5 Å². The lowest BCUT2D eigenvalue weighted by Crippen LogP contribution is -2.05. The van der Waals surface area contributed by atoms with Crippen molar-refractivity contribution in [2.45, 2.75) is 12.3 Å². The van der Waals surface area contributed by atoms with E-state index in [-0.39, 0.29) is 0 Å². The van der Waals surface area contributed by atoms with Crippen molar-refractivity contribution >= 4 is 23.5 Å². The van der Waals surface area contributed by atoms with Gasteiger partial charge in [0.05, 0.1) is 0 Å². The normalized spacial score (nSPS) is 10.8. The van der Waals surface area contributed by atoms with Crippen molar-refractivity contribution < 1.29 is 8.78 Å². The van der Waals surface area contributed by atoms with Crippen LogP contribution in [0.3, 0.4) is 0 Å². The quantitative estimate of drug-likeness (QED) is 0.787. The molecule has 0 bridgehead atoms. The summed E-state index contributed by atoms with van der Waals surface area (Å²) in [5.74, 6) is -2.38. The van der Waals surface area contributed by atoms with Crippen LogP contribution in [0.5, 0.6) is 0 Å². The molecule has 0 aliphatic rings. The van der Waals surface area contributed by atoms with Gasteiger partial charge in [0.15, 0.2) is 0 Å². The van der Waals surface area contributed by atoms with Crippen LogP contribution in [0, 0.1) is 0 Å². The smallest absolute Gasteiger partial charge is 0.255 e. The second-order valence-corrected chi connectivity index (χ2v) is 3.64. The van der Waals surface area contributed by atoms with Crippen LogP contribution in [0.2, 0.25) is 5.02 Å². The maximum Gasteiger partial charge on any atom is 0.297 e. The third kappa shape index (κ3) is 4.45. The lowest BCUT2D eigenvalue weighted by atomic mass is 10.2. The standard InChI is InChI=1S/C8H8ClF2NS/c9-7-3-1-6(2-4-7)5-12-13-8(10)11/h1-4,8,12H,5H2. The summed E-state index contributed by atoms with van der Waals surface area (Å²) in [4.78, 5) is 0. The van der Waals surface area contributed by atoms with Gasteiger partial charge < -0.3 is 0 Å². The molecule has 0 atom stereocenters. The van der Waals surface area contributed by atoms with Gasteiger partial charge in [-0.1, -0.05) is 23.7 Å². The Balaban J connectivity index is 2.33. The molecule has 0 aromatic heterocycles. The van der Waals surface area contributed by atoms with E-state index in [1.165, 1.54) is 0 Å². The Kier molecular flexibility index (Phi) is 4.48. The van der Waals surface area contributed by atoms with Gasteiger partial charge in [-0.2, -0.15) is 8.78 Å². The molecule has 1 rings (SSSR count). The number of hydrogen-bond donors (Lipinski definition) is 1. The fourth-order valence-electron chi connectivity index (χ4n) is 0.790. The Morgan fingerprint density at radius 2 is 1.92 bits per heavy atom. The van der Waals surface area contributed by atoms with Gasteiger partial charge in [-0.15, -0.1) is 0 Å². The molecule has 0 fully saturated rings. The highest BCUT2D eigenvalue weighted by atomic mass is 35.5. The van der Waals surface area contributed by atoms with Gasteiger partial charge in [0.1, 0.15) is 0 Å². The zero-order valence-electron chi connectivity index (χ0n) is 6.64. The first kappa shape index (κ1) is 10.8. The van der Waals surface area contributed by atoms with Crippen molar-refractivity contribution in [3.8, 4) is 0 Å². The number of halogens is 3. The van der Waals surface area contributed by atoms with Gasteiger partial charge in [0, 0.05) is 11.6 Å². The fraction of sp³-hybridized carbons (Fsp3) is 0.250. The Hall–Kier alpha value is -0.320. The minimum absolute atomic E-state index is 0.409. The first-order valence-electron chi connectivity index (χ1n) is 3.59. The maximum absolute atomic E-state index is 11.7. The fourth-order valence-corrected chi connectivity index (χ4v) is 1.29. The zero-order valence-corrected chi connectivity index (χ0v) is 8.21. The molecule has 72 valence electrons. The summed E-state index contributed by atoms with van der Waals surface area (Å²) in [5.41, 5.74) is 0.928. The van der Waals surface area contributed by atoms with E-state index in [9.17, 15) is 8.78 Å². The molecule has 0 amide bonds. The summed E-state index contributed by atoms with van der Waals surface area (Å²) in [5, 5.41) is 0.644. The highest BCUT2D eigenvalue weighted by Gasteiger charge is 2.01. The Bertz CT molecular complexity index is 253. The van der Waals surface area contributed by atoms with E-state index < -0.39 is 5.76 Å². The molecule has 1 N–H and O–H groups in total. The summed E-state index contributed by atoms with van der Waals surface area (Å²) in [6, 6.07) is 7.04. The molecule has 0 saturated heterocycles. The number of nitrogens with one attached hydrogen (secondary N) is 1. The van der Waals surface area contributed by atoms with Crippen LogP contribution in [0.15, 0.2) is 24.3 Å². The van der Waals surface area contributed by atoms with E-state index in [4.69, 9.17) is 11.6 Å². The average molecular weight is 224 g/mol. The average Bonchev–Trinajstić information content (AvgIpc) is 2.08. The maximum atomic E-state index is 11.7. The summed E-state index contributed by atoms with van der Waals surface area (Å²) < 4.78 is 25.9. The van der Waals surface area contributed by atoms with Gasteiger partial charge in [-0.25, -0.2) is 0 Å². The summed E-state index contributed by atoms with van der Waals surface area (Å²) in [6.45, 7) is 0.409. The van der Waals surface area contributed by atoms with Crippen molar-refractivity contribution in [1.29, 1.82) is 0 Å². The summed E-state index contributed by atoms with van der Waals surface area (Å²) in [6.07, 6.45) is 0. The first-order chi connectivity index (χ1) is 6.18. The van der Waals surface area contributed by atoms with Crippen molar-refractivity contribution in [1.82, 2.24) is 4.72 Å². The summed E-state index contributed by atoms with van der Waals surface area (Å²) >= 11 is 6.06. The number of alkyl halides is 2. The highest BCUT2D eigenvalue weighted by Crippen LogP contribution is 2.12. The second kappa shape index (κ2) is 5.42. The molecule has 0 radical (unpaired) electrons. The molecular weight excluding hydrogens is 216 g/mol. The van der Waals surface area contributed by atoms with Crippen LogP contribution in [0.25, 0.3) is 0 Å². The van der Waals surface area contributed by atoms with E-state index in [2.05, 4.69) is 4.72 Å². The van der Waals surface area contributed by atoms with Gasteiger partial charge in [0.2, 0.25) is 0 Å². The van der Waals surface area contributed by atoms with Gasteiger partial charge in [-0.3, -0.25) is 4.72 Å². The number of hydrogen-bond acceptors (Lipinski definition) is 2. The van der Waals surface area contributed by atoms with Crippen molar-refractivity contribution in [3.63, 3.8) is 0 Å². The molecule has 1 nitrogen and oxygen atoms in total. The number of rotatable bonds is 4. The molecule has 0 heterocycles. The molecule has 5 heteroatoms. The third-order valence-electron chi connectivity index (χ3n) is 1.36. The van der Waals surface area contributed by atoms with Crippen LogP contribution in [0.4, 0.5) is 8.78 Å². The molecule has 13 heavy (non-hydrogen) atoms. The minimum atomic E-state index is -2.38. The van der Waals surface area contributed by atoms with Gasteiger partial charge in [0.25, 0.3) is 5.76 Å². The first-order valence-corrected chi connectivity index (χ1v) is 4.85. The van der Waals surface area contributed by atoms with Crippen LogP contribution in [-0.2, 0) is 6.54 Å². The zero-order chi connectivity index (χ0) is 9.68. The Morgan fingerprint density at radius 1 is 1.31 bits per heavy atom.